The third-order valence-corrected chi connectivity index (χ3v) is 4.88. The van der Waals surface area contributed by atoms with E-state index in [9.17, 15) is 14.7 Å². The molecule has 1 aliphatic heterocycles. The molecule has 0 saturated carbocycles. The van der Waals surface area contributed by atoms with Crippen LogP contribution in [0.5, 0.6) is 0 Å². The largest absolute Gasteiger partial charge is 0.479 e. The Balaban J connectivity index is 1.92. The fourth-order valence-corrected chi connectivity index (χ4v) is 3.68. The normalized spacial score (nSPS) is 21.6. The quantitative estimate of drug-likeness (QED) is 0.871. The van der Waals surface area contributed by atoms with E-state index in [1.807, 2.05) is 31.2 Å². The molecule has 1 aromatic rings. The molecule has 0 spiro atoms. The molecule has 5 heteroatoms. The van der Waals surface area contributed by atoms with Crippen molar-refractivity contribution in [2.24, 2.45) is 0 Å². The van der Waals surface area contributed by atoms with Gasteiger partial charge in [0.1, 0.15) is 5.54 Å². The number of thioether (sulfide) groups is 1. The molecule has 2 rings (SSSR count). The Morgan fingerprint density at radius 1 is 1.40 bits per heavy atom. The van der Waals surface area contributed by atoms with Crippen LogP contribution in [0.1, 0.15) is 24.0 Å². The van der Waals surface area contributed by atoms with Gasteiger partial charge in [-0.3, -0.25) is 4.79 Å². The minimum absolute atomic E-state index is 0.182. The fraction of sp³-hybridized carbons (Fsp3) is 0.467. The number of carboxylic acids is 1. The predicted molar refractivity (Wildman–Crippen MR) is 80.0 cm³/mol. The summed E-state index contributed by atoms with van der Waals surface area (Å²) < 4.78 is 0. The first-order chi connectivity index (χ1) is 9.53. The van der Waals surface area contributed by atoms with Crippen LogP contribution in [0, 0.1) is 6.92 Å². The van der Waals surface area contributed by atoms with Gasteiger partial charge >= 0.3 is 5.97 Å². The second-order valence-electron chi connectivity index (χ2n) is 5.16. The highest BCUT2D eigenvalue weighted by molar-refractivity contribution is 7.99. The molecule has 0 radical (unpaired) electrons. The minimum Gasteiger partial charge on any atom is -0.479 e. The molecule has 1 fully saturated rings. The molecular formula is C15H19NO3S. The number of aliphatic carboxylic acids is 1. The molecule has 1 aliphatic rings. The molecule has 1 saturated heterocycles. The topological polar surface area (TPSA) is 66.4 Å². The molecule has 1 heterocycles. The molecule has 0 aliphatic carbocycles. The van der Waals surface area contributed by atoms with Gasteiger partial charge in [0.2, 0.25) is 5.91 Å². The van der Waals surface area contributed by atoms with E-state index in [-0.39, 0.29) is 5.91 Å². The Hall–Kier alpha value is -1.49. The van der Waals surface area contributed by atoms with E-state index in [4.69, 9.17) is 0 Å². The van der Waals surface area contributed by atoms with Gasteiger partial charge in [-0.2, -0.15) is 11.8 Å². The first-order valence-electron chi connectivity index (χ1n) is 6.70. The number of carboxylic acid groups (broad SMARTS) is 1. The smallest absolute Gasteiger partial charge is 0.330 e. The lowest BCUT2D eigenvalue weighted by Crippen LogP contribution is -2.54. The van der Waals surface area contributed by atoms with E-state index in [2.05, 4.69) is 5.32 Å². The van der Waals surface area contributed by atoms with Crippen LogP contribution in [0.3, 0.4) is 0 Å². The summed E-state index contributed by atoms with van der Waals surface area (Å²) >= 11 is 1.57. The lowest BCUT2D eigenvalue weighted by Gasteiger charge is -2.24. The van der Waals surface area contributed by atoms with E-state index >= 15 is 0 Å². The summed E-state index contributed by atoms with van der Waals surface area (Å²) in [5, 5.41) is 12.0. The molecule has 0 aromatic heterocycles. The standard InChI is InChI=1S/C15H19NO3S/c1-11-4-2-3-5-12(11)6-7-13(17)16-15(14(18)19)8-9-20-10-15/h2-5H,6-10H2,1H3,(H,16,17)(H,18,19). The average Bonchev–Trinajstić information content (AvgIpc) is 2.88. The van der Waals surface area contributed by atoms with Crippen molar-refractivity contribution in [1.29, 1.82) is 0 Å². The molecular weight excluding hydrogens is 274 g/mol. The Labute approximate surface area is 123 Å². The van der Waals surface area contributed by atoms with Crippen LogP contribution in [-0.2, 0) is 16.0 Å². The third kappa shape index (κ3) is 3.33. The first kappa shape index (κ1) is 14.9. The monoisotopic (exact) mass is 293 g/mol. The second-order valence-corrected chi connectivity index (χ2v) is 6.27. The van der Waals surface area contributed by atoms with Crippen LogP contribution in [0.2, 0.25) is 0 Å². The summed E-state index contributed by atoms with van der Waals surface area (Å²) in [5.41, 5.74) is 1.23. The second kappa shape index (κ2) is 6.31. The number of carbonyl (C=O) groups is 2. The van der Waals surface area contributed by atoms with Crippen molar-refractivity contribution < 1.29 is 14.7 Å². The van der Waals surface area contributed by atoms with Gasteiger partial charge in [-0.05, 0) is 36.6 Å². The maximum absolute atomic E-state index is 12.0. The molecule has 0 bridgehead atoms. The highest BCUT2D eigenvalue weighted by Gasteiger charge is 2.43. The van der Waals surface area contributed by atoms with Gasteiger partial charge in [-0.15, -0.1) is 0 Å². The van der Waals surface area contributed by atoms with Crippen molar-refractivity contribution in [3.8, 4) is 0 Å². The summed E-state index contributed by atoms with van der Waals surface area (Å²) in [6.07, 6.45) is 1.47. The van der Waals surface area contributed by atoms with Crippen molar-refractivity contribution in [2.45, 2.75) is 31.7 Å². The van der Waals surface area contributed by atoms with E-state index in [1.54, 1.807) is 11.8 Å². The SMILES string of the molecule is Cc1ccccc1CCC(=O)NC1(C(=O)O)CCSC1. The maximum Gasteiger partial charge on any atom is 0.330 e. The van der Waals surface area contributed by atoms with E-state index in [0.717, 1.165) is 16.9 Å². The zero-order chi connectivity index (χ0) is 14.6. The molecule has 20 heavy (non-hydrogen) atoms. The minimum atomic E-state index is -1.06. The number of nitrogens with one attached hydrogen (secondary N) is 1. The zero-order valence-electron chi connectivity index (χ0n) is 11.5. The zero-order valence-corrected chi connectivity index (χ0v) is 12.3. The Bertz CT molecular complexity index is 510. The number of aryl methyl sites for hydroxylation is 2. The fourth-order valence-electron chi connectivity index (χ4n) is 2.35. The van der Waals surface area contributed by atoms with Crippen molar-refractivity contribution >= 4 is 23.6 Å². The van der Waals surface area contributed by atoms with Crippen LogP contribution in [-0.4, -0.2) is 34.0 Å². The number of amides is 1. The van der Waals surface area contributed by atoms with Crippen molar-refractivity contribution in [3.05, 3.63) is 35.4 Å². The average molecular weight is 293 g/mol. The summed E-state index contributed by atoms with van der Waals surface area (Å²) in [4.78, 5) is 23.4. The van der Waals surface area contributed by atoms with E-state index < -0.39 is 11.5 Å². The van der Waals surface area contributed by atoms with Gasteiger partial charge in [0.15, 0.2) is 0 Å². The summed E-state index contributed by atoms with van der Waals surface area (Å²) in [5.74, 6) is 0.132. The summed E-state index contributed by atoms with van der Waals surface area (Å²) in [6.45, 7) is 2.01. The van der Waals surface area contributed by atoms with E-state index in [0.29, 0.717) is 25.0 Å². The lowest BCUT2D eigenvalue weighted by atomic mass is 9.98. The third-order valence-electron chi connectivity index (χ3n) is 3.69. The highest BCUT2D eigenvalue weighted by atomic mass is 32.2. The number of carbonyl (C=O) groups excluding carboxylic acids is 1. The number of hydrogen-bond donors (Lipinski definition) is 2. The molecule has 1 aromatic carbocycles. The lowest BCUT2D eigenvalue weighted by molar-refractivity contribution is -0.146. The van der Waals surface area contributed by atoms with Crippen molar-refractivity contribution in [2.75, 3.05) is 11.5 Å². The van der Waals surface area contributed by atoms with Crippen LogP contribution in [0.4, 0.5) is 0 Å². The van der Waals surface area contributed by atoms with Crippen LogP contribution in [0.25, 0.3) is 0 Å². The molecule has 108 valence electrons. The van der Waals surface area contributed by atoms with Crippen molar-refractivity contribution in [3.63, 3.8) is 0 Å². The van der Waals surface area contributed by atoms with Crippen LogP contribution < -0.4 is 5.32 Å². The highest BCUT2D eigenvalue weighted by Crippen LogP contribution is 2.28. The molecule has 1 amide bonds. The van der Waals surface area contributed by atoms with E-state index in [1.165, 1.54) is 0 Å². The van der Waals surface area contributed by atoms with Crippen molar-refractivity contribution in [1.82, 2.24) is 5.32 Å². The van der Waals surface area contributed by atoms with Gasteiger partial charge in [0.05, 0.1) is 0 Å². The van der Waals surface area contributed by atoms with Gasteiger partial charge in [-0.1, -0.05) is 24.3 Å². The van der Waals surface area contributed by atoms with Crippen LogP contribution in [0.15, 0.2) is 24.3 Å². The van der Waals surface area contributed by atoms with Gasteiger partial charge in [0.25, 0.3) is 0 Å². The first-order valence-corrected chi connectivity index (χ1v) is 7.86. The molecule has 2 N–H and O–H groups in total. The maximum atomic E-state index is 12.0. The summed E-state index contributed by atoms with van der Waals surface area (Å²) in [7, 11) is 0. The molecule has 1 atom stereocenters. The summed E-state index contributed by atoms with van der Waals surface area (Å²) in [6, 6.07) is 7.93. The van der Waals surface area contributed by atoms with Gasteiger partial charge in [0, 0.05) is 12.2 Å². The van der Waals surface area contributed by atoms with Crippen LogP contribution >= 0.6 is 11.8 Å². The van der Waals surface area contributed by atoms with Gasteiger partial charge < -0.3 is 10.4 Å². The Morgan fingerprint density at radius 2 is 2.15 bits per heavy atom. The number of hydrogen-bond acceptors (Lipinski definition) is 3. The number of rotatable bonds is 5. The molecule has 4 nitrogen and oxygen atoms in total. The molecule has 1 unspecified atom stereocenters. The van der Waals surface area contributed by atoms with Gasteiger partial charge in [-0.25, -0.2) is 4.79 Å². The number of benzene rings is 1. The Morgan fingerprint density at radius 3 is 2.75 bits per heavy atom. The predicted octanol–water partition coefficient (Wildman–Crippen LogP) is 2.00. The Kier molecular flexibility index (Phi) is 4.70.